The average molecular weight is 906 g/mol. The predicted molar refractivity (Wildman–Crippen MR) is 166 cm³/mol. The van der Waals surface area contributed by atoms with Crippen molar-refractivity contribution in [1.29, 1.82) is 0 Å². The van der Waals surface area contributed by atoms with Gasteiger partial charge in [-0.3, -0.25) is 19.2 Å². The van der Waals surface area contributed by atoms with Gasteiger partial charge in [-0.05, 0) is 113 Å². The van der Waals surface area contributed by atoms with Crippen molar-refractivity contribution in [2.75, 3.05) is 0 Å². The Morgan fingerprint density at radius 3 is 1.34 bits per heavy atom. The molecule has 4 aromatic carbocycles. The summed E-state index contributed by atoms with van der Waals surface area (Å²) >= 11 is 19.6. The maximum Gasteiger partial charge on any atom is 0.419 e. The summed E-state index contributed by atoms with van der Waals surface area (Å²) in [4.78, 5) is 42.1. The van der Waals surface area contributed by atoms with Crippen molar-refractivity contribution < 1.29 is 89.4 Å². The highest BCUT2D eigenvalue weighted by Gasteiger charge is 2.37. The molecule has 0 fully saturated rings. The van der Waals surface area contributed by atoms with Gasteiger partial charge in [-0.2, -0.15) is 52.7 Å². The van der Waals surface area contributed by atoms with Gasteiger partial charge in [-0.15, -0.1) is 0 Å². The number of alkyl halides is 12. The highest BCUT2D eigenvalue weighted by Crippen LogP contribution is 2.35. The normalized spacial score (nSPS) is 11.5. The molecule has 0 aliphatic carbocycles. The molecular weight excluding hydrogens is 894 g/mol. The van der Waals surface area contributed by atoms with Crippen LogP contribution in [-0.4, -0.2) is 21.0 Å². The first-order chi connectivity index (χ1) is 25.3. The molecule has 4 nitrogen and oxygen atoms in total. The molecule has 0 heterocycles. The van der Waals surface area contributed by atoms with Crippen LogP contribution >= 0.6 is 46.4 Å². The molecule has 4 aromatic rings. The van der Waals surface area contributed by atoms with Crippen LogP contribution in [0.1, 0.15) is 63.7 Å². The van der Waals surface area contributed by atoms with E-state index >= 15 is 0 Å². The molecular formula is C32H12Cl4F16O4. The Balaban J connectivity index is 0.000000373. The molecule has 0 radical (unpaired) electrons. The summed E-state index contributed by atoms with van der Waals surface area (Å²) in [5, 5.41) is -4.92. The topological polar surface area (TPSA) is 68.3 Å². The van der Waals surface area contributed by atoms with Gasteiger partial charge in [0.25, 0.3) is 21.0 Å². The number of benzene rings is 4. The van der Waals surface area contributed by atoms with E-state index in [1.165, 1.54) is 0 Å². The average Bonchev–Trinajstić information content (AvgIpc) is 3.03. The van der Waals surface area contributed by atoms with Crippen LogP contribution in [0.2, 0.25) is 0 Å². The molecule has 0 aliphatic heterocycles. The van der Waals surface area contributed by atoms with Crippen LogP contribution in [0.5, 0.6) is 0 Å². The summed E-state index contributed by atoms with van der Waals surface area (Å²) in [6.07, 6.45) is -19.1. The largest absolute Gasteiger partial charge is 0.419 e. The number of carbonyl (C=O) groups excluding carboxylic acids is 4. The Bertz CT molecular complexity index is 2060. The van der Waals surface area contributed by atoms with Gasteiger partial charge in [-0.25, -0.2) is 17.6 Å². The third kappa shape index (κ3) is 15.3. The molecule has 0 atom stereocenters. The molecule has 0 N–H and O–H groups in total. The molecule has 304 valence electrons. The van der Waals surface area contributed by atoms with Gasteiger partial charge >= 0.3 is 24.7 Å². The number of halogens is 20. The second kappa shape index (κ2) is 19.6. The lowest BCUT2D eigenvalue weighted by Gasteiger charge is -2.09. The van der Waals surface area contributed by atoms with Crippen LogP contribution in [-0.2, 0) is 24.7 Å². The minimum absolute atomic E-state index is 0.232. The van der Waals surface area contributed by atoms with E-state index < -0.39 is 108 Å². The van der Waals surface area contributed by atoms with Crippen molar-refractivity contribution in [1.82, 2.24) is 0 Å². The fraction of sp³-hybridized carbons (Fsp3) is 0.125. The zero-order chi connectivity index (χ0) is 43.7. The van der Waals surface area contributed by atoms with Gasteiger partial charge in [-0.1, -0.05) is 6.07 Å². The Labute approximate surface area is 321 Å². The van der Waals surface area contributed by atoms with Crippen molar-refractivity contribution in [3.63, 3.8) is 0 Å². The monoisotopic (exact) mass is 904 g/mol. The van der Waals surface area contributed by atoms with Gasteiger partial charge < -0.3 is 0 Å². The number of rotatable bonds is 4. The van der Waals surface area contributed by atoms with Crippen LogP contribution in [0.15, 0.2) is 72.8 Å². The van der Waals surface area contributed by atoms with E-state index in [1.54, 1.807) is 0 Å². The van der Waals surface area contributed by atoms with Gasteiger partial charge in [0, 0.05) is 16.7 Å². The van der Waals surface area contributed by atoms with Crippen LogP contribution in [0.25, 0.3) is 0 Å². The lowest BCUT2D eigenvalue weighted by atomic mass is 10.1. The molecule has 0 saturated carbocycles. The third-order valence-electron chi connectivity index (χ3n) is 5.97. The summed E-state index contributed by atoms with van der Waals surface area (Å²) < 4.78 is 196. The number of hydrogen-bond acceptors (Lipinski definition) is 4. The van der Waals surface area contributed by atoms with Crippen LogP contribution in [0, 0.1) is 23.3 Å². The highest BCUT2D eigenvalue weighted by atomic mass is 35.5. The Morgan fingerprint density at radius 1 is 0.411 bits per heavy atom. The molecule has 24 heteroatoms. The van der Waals surface area contributed by atoms with Crippen LogP contribution < -0.4 is 0 Å². The Kier molecular flexibility index (Phi) is 17.4. The minimum atomic E-state index is -4.83. The summed E-state index contributed by atoms with van der Waals surface area (Å²) in [7, 11) is 0. The first-order valence-corrected chi connectivity index (χ1v) is 15.1. The predicted octanol–water partition coefficient (Wildman–Crippen LogP) is 12.9. The van der Waals surface area contributed by atoms with E-state index in [2.05, 4.69) is 0 Å². The van der Waals surface area contributed by atoms with Crippen molar-refractivity contribution >= 4 is 67.4 Å². The van der Waals surface area contributed by atoms with Gasteiger partial charge in [0.2, 0.25) is 0 Å². The molecule has 4 rings (SSSR count). The Morgan fingerprint density at radius 2 is 0.929 bits per heavy atom. The zero-order valence-electron chi connectivity index (χ0n) is 26.1. The van der Waals surface area contributed by atoms with Crippen LogP contribution in [0.4, 0.5) is 70.2 Å². The summed E-state index contributed by atoms with van der Waals surface area (Å²) in [6, 6.07) is 7.13. The van der Waals surface area contributed by atoms with E-state index in [-0.39, 0.29) is 11.6 Å². The SMILES string of the molecule is O=C(Cl)c1c(F)cccc1C(F)(F)F.O=C(Cl)c1cc(F)cc(C(F)(F)F)c1.O=C(Cl)c1ccc(F)c(C(F)(F)F)c1.O=C(Cl)c1ccc(F)cc1C(F)(F)F. The summed E-state index contributed by atoms with van der Waals surface area (Å²) in [5.74, 6) is -4.93. The van der Waals surface area contributed by atoms with E-state index in [0.717, 1.165) is 24.3 Å². The fourth-order valence-electron chi connectivity index (χ4n) is 3.61. The maximum atomic E-state index is 12.8. The van der Waals surface area contributed by atoms with Crippen LogP contribution in [0.3, 0.4) is 0 Å². The van der Waals surface area contributed by atoms with E-state index in [0.29, 0.717) is 42.5 Å². The Hall–Kier alpha value is -4.40. The minimum Gasteiger partial charge on any atom is -0.276 e. The van der Waals surface area contributed by atoms with E-state index in [1.807, 2.05) is 0 Å². The lowest BCUT2D eigenvalue weighted by Crippen LogP contribution is -2.12. The standard InChI is InChI=1S/4C8H3ClF4O/c9-7(14)4-1-5(8(11,12)13)3-6(10)2-4;9-7(14)4-1-2-6(10)5(3-4)8(11,12)13;9-7(14)5-2-1-4(10)3-6(5)8(11,12)13;9-7(14)6-4(8(11,12)13)2-1-3-5(6)10/h4*1-3H. The van der Waals surface area contributed by atoms with Gasteiger partial charge in [0.15, 0.2) is 0 Å². The summed E-state index contributed by atoms with van der Waals surface area (Å²) in [6.45, 7) is 0. The lowest BCUT2D eigenvalue weighted by molar-refractivity contribution is -0.140. The third-order valence-corrected chi connectivity index (χ3v) is 6.79. The van der Waals surface area contributed by atoms with E-state index in [9.17, 15) is 89.4 Å². The second-order valence-corrected chi connectivity index (χ2v) is 11.2. The first kappa shape index (κ1) is 49.6. The zero-order valence-corrected chi connectivity index (χ0v) is 29.1. The maximum absolute atomic E-state index is 12.8. The molecule has 0 aliphatic rings. The molecule has 0 unspecified atom stereocenters. The van der Waals surface area contributed by atoms with Crippen molar-refractivity contribution in [2.24, 2.45) is 0 Å². The second-order valence-electron chi connectivity index (χ2n) is 9.86. The van der Waals surface area contributed by atoms with Gasteiger partial charge in [0.05, 0.1) is 27.8 Å². The van der Waals surface area contributed by atoms with E-state index in [4.69, 9.17) is 46.4 Å². The van der Waals surface area contributed by atoms with Gasteiger partial charge in [0.1, 0.15) is 23.3 Å². The number of carbonyl (C=O) groups is 4. The van der Waals surface area contributed by atoms with Crippen molar-refractivity contribution in [3.8, 4) is 0 Å². The van der Waals surface area contributed by atoms with Crippen molar-refractivity contribution in [3.05, 3.63) is 141 Å². The molecule has 0 bridgehead atoms. The molecule has 0 amide bonds. The quantitative estimate of drug-likeness (QED) is 0.151. The summed E-state index contributed by atoms with van der Waals surface area (Å²) in [5.41, 5.74) is -8.25. The first-order valence-electron chi connectivity index (χ1n) is 13.5. The number of hydrogen-bond donors (Lipinski definition) is 0. The highest BCUT2D eigenvalue weighted by molar-refractivity contribution is 6.68. The smallest absolute Gasteiger partial charge is 0.276 e. The van der Waals surface area contributed by atoms with Crippen molar-refractivity contribution in [2.45, 2.75) is 24.7 Å². The molecule has 0 spiro atoms. The molecule has 56 heavy (non-hydrogen) atoms. The molecule has 0 saturated heterocycles. The molecule has 0 aromatic heterocycles. The fourth-order valence-corrected chi connectivity index (χ4v) is 4.20.